The number of carbonyl (C=O) groups excluding carboxylic acids is 1. The van der Waals surface area contributed by atoms with E-state index in [2.05, 4.69) is 21.2 Å². The summed E-state index contributed by atoms with van der Waals surface area (Å²) < 4.78 is 2.74. The van der Waals surface area contributed by atoms with Gasteiger partial charge in [-0.1, -0.05) is 17.7 Å². The van der Waals surface area contributed by atoms with Gasteiger partial charge in [0, 0.05) is 16.8 Å². The lowest BCUT2D eigenvalue weighted by atomic mass is 10.2. The number of anilines is 1. The minimum atomic E-state index is -0.0894. The monoisotopic (exact) mass is 374 g/mol. The first kappa shape index (κ1) is 17.0. The van der Waals surface area contributed by atoms with Crippen molar-refractivity contribution in [2.75, 3.05) is 5.32 Å². The number of halogens is 3. The maximum atomic E-state index is 12.0. The normalized spacial score (nSPS) is 9.75. The first-order valence-corrected chi connectivity index (χ1v) is 6.92. The summed E-state index contributed by atoms with van der Waals surface area (Å²) in [4.78, 5) is 12.0. The highest BCUT2D eigenvalue weighted by atomic mass is 79.9. The number of aryl methyl sites for hydroxylation is 1. The molecule has 0 saturated heterocycles. The van der Waals surface area contributed by atoms with Gasteiger partial charge in [0.15, 0.2) is 12.4 Å². The number of nitrogens with one attached hydrogen (secondary N) is 1. The van der Waals surface area contributed by atoms with Crippen LogP contribution >= 0.6 is 27.5 Å². The number of rotatable bonds is 3. The van der Waals surface area contributed by atoms with Crippen LogP contribution in [0, 0.1) is 6.92 Å². The summed E-state index contributed by atoms with van der Waals surface area (Å²) in [5.41, 5.74) is 1.73. The fraction of sp³-hybridized carbons (Fsp3) is 0.143. The van der Waals surface area contributed by atoms with Crippen LogP contribution in [0.3, 0.4) is 0 Å². The molecule has 1 heterocycles. The van der Waals surface area contributed by atoms with Crippen LogP contribution in [0.4, 0.5) is 5.69 Å². The van der Waals surface area contributed by atoms with Gasteiger partial charge in [0.25, 0.3) is 5.91 Å². The van der Waals surface area contributed by atoms with E-state index < -0.39 is 0 Å². The summed E-state index contributed by atoms with van der Waals surface area (Å²) >= 11 is 9.29. The zero-order valence-electron chi connectivity index (χ0n) is 10.7. The van der Waals surface area contributed by atoms with Crippen molar-refractivity contribution in [1.82, 2.24) is 0 Å². The Morgan fingerprint density at radius 1 is 1.40 bits per heavy atom. The Bertz CT molecular complexity index is 620. The van der Waals surface area contributed by atoms with E-state index in [9.17, 15) is 4.79 Å². The van der Waals surface area contributed by atoms with Crippen molar-refractivity contribution in [2.24, 2.45) is 0 Å². The van der Waals surface area contributed by atoms with Crippen molar-refractivity contribution < 1.29 is 21.8 Å². The van der Waals surface area contributed by atoms with Crippen LogP contribution in [0.5, 0.6) is 0 Å². The quantitative estimate of drug-likeness (QED) is 0.771. The molecule has 2 aromatic rings. The van der Waals surface area contributed by atoms with Crippen LogP contribution in [-0.4, -0.2) is 5.91 Å². The second-order valence-corrected chi connectivity index (χ2v) is 5.55. The van der Waals surface area contributed by atoms with Crippen LogP contribution in [0.25, 0.3) is 0 Å². The fourth-order valence-corrected chi connectivity index (χ4v) is 2.26. The van der Waals surface area contributed by atoms with Crippen molar-refractivity contribution >= 4 is 39.1 Å². The van der Waals surface area contributed by atoms with E-state index in [1.807, 2.05) is 37.5 Å². The van der Waals surface area contributed by atoms with Crippen molar-refractivity contribution in [3.63, 3.8) is 0 Å². The molecule has 0 atom stereocenters. The zero-order valence-corrected chi connectivity index (χ0v) is 13.8. The number of nitrogens with zero attached hydrogens (tertiary/aromatic N) is 1. The highest BCUT2D eigenvalue weighted by Crippen LogP contribution is 2.19. The highest BCUT2D eigenvalue weighted by Gasteiger charge is 2.11. The van der Waals surface area contributed by atoms with Crippen LogP contribution in [-0.2, 0) is 11.3 Å². The van der Waals surface area contributed by atoms with Crippen LogP contribution in [0.1, 0.15) is 5.56 Å². The predicted octanol–water partition coefficient (Wildman–Crippen LogP) is 0.341. The largest absolute Gasteiger partial charge is 1.00 e. The number of hydrogen-bond donors (Lipinski definition) is 1. The lowest BCUT2D eigenvalue weighted by molar-refractivity contribution is -0.684. The van der Waals surface area contributed by atoms with Crippen molar-refractivity contribution in [3.05, 3.63) is 57.8 Å². The highest BCUT2D eigenvalue weighted by molar-refractivity contribution is 9.10. The first-order valence-electron chi connectivity index (χ1n) is 5.75. The third-order valence-electron chi connectivity index (χ3n) is 2.62. The molecule has 1 aromatic heterocycles. The maximum Gasteiger partial charge on any atom is 0.290 e. The second kappa shape index (κ2) is 7.62. The van der Waals surface area contributed by atoms with Gasteiger partial charge in [-0.3, -0.25) is 4.79 Å². The number of carbonyl (C=O) groups is 1. The molecule has 0 unspecified atom stereocenters. The molecular weight excluding hydrogens is 363 g/mol. The molecule has 0 spiro atoms. The molecule has 0 bridgehead atoms. The molecule has 1 aromatic carbocycles. The number of pyridine rings is 1. The second-order valence-electron chi connectivity index (χ2n) is 4.20. The topological polar surface area (TPSA) is 33.0 Å². The molecular formula is C14H13BrCl2N2O. The lowest BCUT2D eigenvalue weighted by Gasteiger charge is -2.07. The summed E-state index contributed by atoms with van der Waals surface area (Å²) in [7, 11) is 0. The smallest absolute Gasteiger partial charge is 0.290 e. The molecule has 0 aliphatic carbocycles. The third kappa shape index (κ3) is 4.78. The first-order chi connectivity index (χ1) is 9.04. The van der Waals surface area contributed by atoms with Gasteiger partial charge >= 0.3 is 0 Å². The number of benzene rings is 1. The van der Waals surface area contributed by atoms with Gasteiger partial charge in [0.05, 0.1) is 4.47 Å². The van der Waals surface area contributed by atoms with Crippen LogP contribution < -0.4 is 22.3 Å². The van der Waals surface area contributed by atoms with Gasteiger partial charge in [0.2, 0.25) is 6.54 Å². The number of aromatic nitrogens is 1. The molecule has 0 fully saturated rings. The van der Waals surface area contributed by atoms with Gasteiger partial charge in [-0.2, -0.15) is 4.57 Å². The minimum Gasteiger partial charge on any atom is -1.00 e. The summed E-state index contributed by atoms with van der Waals surface area (Å²) in [6, 6.07) is 9.22. The van der Waals surface area contributed by atoms with Gasteiger partial charge in [-0.05, 0) is 46.6 Å². The summed E-state index contributed by atoms with van der Waals surface area (Å²) in [6.45, 7) is 2.18. The number of hydrogen-bond acceptors (Lipinski definition) is 1. The van der Waals surface area contributed by atoms with Gasteiger partial charge in [-0.25, -0.2) is 0 Å². The van der Waals surface area contributed by atoms with Gasteiger partial charge < -0.3 is 17.7 Å². The van der Waals surface area contributed by atoms with Crippen molar-refractivity contribution in [3.8, 4) is 0 Å². The molecule has 1 amide bonds. The van der Waals surface area contributed by atoms with Gasteiger partial charge in [-0.15, -0.1) is 0 Å². The summed E-state index contributed by atoms with van der Waals surface area (Å²) in [5, 5.41) is 3.47. The van der Waals surface area contributed by atoms with E-state index >= 15 is 0 Å². The minimum absolute atomic E-state index is 0. The molecule has 6 heteroatoms. The Labute approximate surface area is 137 Å². The van der Waals surface area contributed by atoms with Crippen molar-refractivity contribution in [1.29, 1.82) is 0 Å². The molecule has 2 rings (SSSR count). The van der Waals surface area contributed by atoms with E-state index in [-0.39, 0.29) is 24.9 Å². The molecule has 20 heavy (non-hydrogen) atoms. The Balaban J connectivity index is 0.00000200. The molecule has 1 N–H and O–H groups in total. The maximum absolute atomic E-state index is 12.0. The lowest BCUT2D eigenvalue weighted by Crippen LogP contribution is -3.00. The molecule has 0 aliphatic rings. The van der Waals surface area contributed by atoms with E-state index in [1.165, 1.54) is 0 Å². The molecule has 0 radical (unpaired) electrons. The molecule has 3 nitrogen and oxygen atoms in total. The Hall–Kier alpha value is -1.10. The number of amides is 1. The summed E-state index contributed by atoms with van der Waals surface area (Å²) in [5.74, 6) is -0.0894. The average molecular weight is 376 g/mol. The van der Waals surface area contributed by atoms with E-state index in [1.54, 1.807) is 16.7 Å². The van der Waals surface area contributed by atoms with E-state index in [0.29, 0.717) is 5.02 Å². The SMILES string of the molecule is Cc1ccc(Cl)cc1NC(=O)C[n+]1cccc(Br)c1.[Cl-]. The summed E-state index contributed by atoms with van der Waals surface area (Å²) in [6.07, 6.45) is 3.69. The Morgan fingerprint density at radius 2 is 2.15 bits per heavy atom. The van der Waals surface area contributed by atoms with E-state index in [4.69, 9.17) is 11.6 Å². The third-order valence-corrected chi connectivity index (χ3v) is 3.33. The van der Waals surface area contributed by atoms with Crippen LogP contribution in [0.2, 0.25) is 5.02 Å². The predicted molar refractivity (Wildman–Crippen MR) is 79.2 cm³/mol. The molecule has 0 aliphatic heterocycles. The zero-order chi connectivity index (χ0) is 13.8. The van der Waals surface area contributed by atoms with Crippen LogP contribution in [0.15, 0.2) is 47.2 Å². The fourth-order valence-electron chi connectivity index (χ4n) is 1.67. The molecule has 0 saturated carbocycles. The standard InChI is InChI=1S/C14H12BrClN2O.ClH/c1-10-4-5-12(16)7-13(10)17-14(19)9-18-6-2-3-11(15)8-18;/h2-8H,9H2,1H3;1H. The average Bonchev–Trinajstić information content (AvgIpc) is 2.34. The molecule has 106 valence electrons. The Morgan fingerprint density at radius 3 is 2.85 bits per heavy atom. The Kier molecular flexibility index (Phi) is 6.46. The van der Waals surface area contributed by atoms with Gasteiger partial charge in [0.1, 0.15) is 0 Å². The van der Waals surface area contributed by atoms with Crippen molar-refractivity contribution in [2.45, 2.75) is 13.5 Å². The van der Waals surface area contributed by atoms with E-state index in [0.717, 1.165) is 15.7 Å².